The molecule has 0 aliphatic rings. The van der Waals surface area contributed by atoms with E-state index in [0.717, 1.165) is 50.0 Å². The molecule has 9 rings (SSSR count). The van der Waals surface area contributed by atoms with Crippen molar-refractivity contribution in [2.24, 2.45) is 0 Å². The van der Waals surface area contributed by atoms with Crippen LogP contribution in [0.4, 0.5) is 17.1 Å². The fourth-order valence-electron chi connectivity index (χ4n) is 7.63. The molecule has 1 heterocycles. The lowest BCUT2D eigenvalue weighted by atomic mass is 9.84. The third-order valence-electron chi connectivity index (χ3n) is 10.2. The van der Waals surface area contributed by atoms with Crippen LogP contribution in [0.5, 0.6) is 0 Å². The van der Waals surface area contributed by atoms with E-state index >= 15 is 0 Å². The molecule has 0 saturated heterocycles. The molecule has 52 heavy (non-hydrogen) atoms. The molecule has 0 aliphatic carbocycles. The molecule has 2 nitrogen and oxygen atoms in total. The van der Waals surface area contributed by atoms with Gasteiger partial charge in [0.15, 0.2) is 0 Å². The van der Waals surface area contributed by atoms with Gasteiger partial charge >= 0.3 is 0 Å². The van der Waals surface area contributed by atoms with E-state index in [1.54, 1.807) is 0 Å². The van der Waals surface area contributed by atoms with E-state index < -0.39 is 0 Å². The van der Waals surface area contributed by atoms with Gasteiger partial charge in [0, 0.05) is 32.9 Å². The van der Waals surface area contributed by atoms with Gasteiger partial charge in [0.25, 0.3) is 0 Å². The summed E-state index contributed by atoms with van der Waals surface area (Å²) in [5, 5.41) is 4.55. The van der Waals surface area contributed by atoms with Crippen LogP contribution in [0.3, 0.4) is 0 Å². The maximum atomic E-state index is 6.72. The quantitative estimate of drug-likeness (QED) is 0.175. The maximum Gasteiger partial charge on any atom is 0.143 e. The van der Waals surface area contributed by atoms with Crippen molar-refractivity contribution in [3.63, 3.8) is 0 Å². The number of hydrogen-bond acceptors (Lipinski definition) is 2. The van der Waals surface area contributed by atoms with Gasteiger partial charge in [-0.2, -0.15) is 0 Å². The van der Waals surface area contributed by atoms with Crippen molar-refractivity contribution in [3.05, 3.63) is 188 Å². The first-order valence-corrected chi connectivity index (χ1v) is 18.0. The average Bonchev–Trinajstić information content (AvgIpc) is 3.58. The summed E-state index contributed by atoms with van der Waals surface area (Å²) in [5.74, 6) is 0. The molecule has 0 N–H and O–H groups in total. The third kappa shape index (κ3) is 5.63. The smallest absolute Gasteiger partial charge is 0.143 e. The van der Waals surface area contributed by atoms with Crippen LogP contribution in [-0.4, -0.2) is 0 Å². The van der Waals surface area contributed by atoms with Crippen molar-refractivity contribution in [2.75, 3.05) is 4.90 Å². The summed E-state index contributed by atoms with van der Waals surface area (Å²) in [6.07, 6.45) is 0. The first-order valence-electron chi connectivity index (χ1n) is 18.0. The predicted molar refractivity (Wildman–Crippen MR) is 221 cm³/mol. The molecular formula is C50H39NO. The second-order valence-electron chi connectivity index (χ2n) is 14.6. The van der Waals surface area contributed by atoms with E-state index in [2.05, 4.69) is 208 Å². The molecule has 0 spiro atoms. The third-order valence-corrected chi connectivity index (χ3v) is 10.2. The predicted octanol–water partition coefficient (Wildman–Crippen LogP) is 14.5. The van der Waals surface area contributed by atoms with Gasteiger partial charge in [-0.1, -0.05) is 160 Å². The summed E-state index contributed by atoms with van der Waals surface area (Å²) >= 11 is 0. The maximum absolute atomic E-state index is 6.72. The molecule has 8 aromatic carbocycles. The summed E-state index contributed by atoms with van der Waals surface area (Å²) < 4.78 is 6.72. The molecule has 2 heteroatoms. The lowest BCUT2D eigenvalue weighted by Gasteiger charge is -2.28. The minimum absolute atomic E-state index is 0.0578. The number of fused-ring (bicyclic) bond motifs is 5. The minimum Gasteiger partial charge on any atom is -0.455 e. The van der Waals surface area contributed by atoms with Crippen LogP contribution >= 0.6 is 0 Å². The van der Waals surface area contributed by atoms with Crippen LogP contribution in [0, 0.1) is 0 Å². The summed E-state index contributed by atoms with van der Waals surface area (Å²) in [5.41, 5.74) is 13.5. The van der Waals surface area contributed by atoms with E-state index in [1.807, 2.05) is 0 Å². The van der Waals surface area contributed by atoms with Gasteiger partial charge in [0.2, 0.25) is 0 Å². The highest BCUT2D eigenvalue weighted by atomic mass is 16.3. The Kier molecular flexibility index (Phi) is 7.74. The molecule has 0 radical (unpaired) electrons. The lowest BCUT2D eigenvalue weighted by Crippen LogP contribution is -2.12. The molecule has 0 saturated carbocycles. The number of benzene rings is 8. The van der Waals surface area contributed by atoms with Gasteiger partial charge in [-0.05, 0) is 86.8 Å². The van der Waals surface area contributed by atoms with Crippen LogP contribution in [0.2, 0.25) is 0 Å². The number of nitrogens with zero attached hydrogens (tertiary/aromatic N) is 1. The van der Waals surface area contributed by atoms with E-state index in [4.69, 9.17) is 4.42 Å². The lowest BCUT2D eigenvalue weighted by molar-refractivity contribution is 0.594. The Bertz CT molecular complexity index is 2700. The van der Waals surface area contributed by atoms with Crippen molar-refractivity contribution in [1.82, 2.24) is 0 Å². The van der Waals surface area contributed by atoms with Crippen molar-refractivity contribution < 1.29 is 4.42 Å². The second-order valence-corrected chi connectivity index (χ2v) is 14.6. The molecule has 0 amide bonds. The SMILES string of the molecule is CC(C)(C)c1cccc2oc3c4ccccc4c(N(c4ccc(-c5ccccc5)cc4)c4cccc(-c5cccc(-c6ccccc6)c5)c4)cc3c12. The number of rotatable bonds is 6. The van der Waals surface area contributed by atoms with Crippen LogP contribution in [0.25, 0.3) is 66.1 Å². The van der Waals surface area contributed by atoms with Gasteiger partial charge in [0.05, 0.1) is 5.69 Å². The highest BCUT2D eigenvalue weighted by molar-refractivity contribution is 6.20. The van der Waals surface area contributed by atoms with E-state index in [-0.39, 0.29) is 5.41 Å². The van der Waals surface area contributed by atoms with Gasteiger partial charge in [0.1, 0.15) is 11.2 Å². The summed E-state index contributed by atoms with van der Waals surface area (Å²) in [7, 11) is 0. The minimum atomic E-state index is -0.0578. The standard InChI is InChI=1S/C50H39NO/c1-50(2,3)45-25-14-26-47-48(45)44-33-46(42-23-10-11-24-43(42)49(44)52-47)51(40-29-27-36(28-30-40)34-15-6-4-7-16-34)41-22-13-21-39(32-41)38-20-12-19-37(31-38)35-17-8-5-9-18-35/h4-33H,1-3H3. The Morgan fingerprint density at radius 2 is 0.942 bits per heavy atom. The molecule has 1 aromatic heterocycles. The highest BCUT2D eigenvalue weighted by Gasteiger charge is 2.24. The van der Waals surface area contributed by atoms with E-state index in [1.165, 1.54) is 38.8 Å². The van der Waals surface area contributed by atoms with Gasteiger partial charge < -0.3 is 9.32 Å². The Morgan fingerprint density at radius 1 is 0.404 bits per heavy atom. The van der Waals surface area contributed by atoms with Gasteiger partial charge in [-0.25, -0.2) is 0 Å². The molecule has 0 bridgehead atoms. The molecule has 0 fully saturated rings. The van der Waals surface area contributed by atoms with Gasteiger partial charge in [-0.3, -0.25) is 0 Å². The van der Waals surface area contributed by atoms with Crippen molar-refractivity contribution in [3.8, 4) is 33.4 Å². The summed E-state index contributed by atoms with van der Waals surface area (Å²) in [4.78, 5) is 2.42. The zero-order valence-electron chi connectivity index (χ0n) is 29.7. The van der Waals surface area contributed by atoms with Crippen molar-refractivity contribution in [2.45, 2.75) is 26.2 Å². The fraction of sp³-hybridized carbons (Fsp3) is 0.0800. The fourth-order valence-corrected chi connectivity index (χ4v) is 7.63. The van der Waals surface area contributed by atoms with Crippen LogP contribution in [0.1, 0.15) is 26.3 Å². The first kappa shape index (κ1) is 31.6. The van der Waals surface area contributed by atoms with Crippen LogP contribution in [0.15, 0.2) is 186 Å². The van der Waals surface area contributed by atoms with Gasteiger partial charge in [-0.15, -0.1) is 0 Å². The second kappa shape index (κ2) is 12.7. The molecule has 0 atom stereocenters. The number of hydrogen-bond donors (Lipinski definition) is 0. The normalized spacial score (nSPS) is 11.8. The Labute approximate surface area is 305 Å². The Balaban J connectivity index is 1.28. The molecule has 9 aromatic rings. The molecule has 250 valence electrons. The Hall–Kier alpha value is -6.38. The largest absolute Gasteiger partial charge is 0.455 e. The highest BCUT2D eigenvalue weighted by Crippen LogP contribution is 2.47. The number of anilines is 3. The van der Waals surface area contributed by atoms with Crippen LogP contribution < -0.4 is 4.90 Å². The van der Waals surface area contributed by atoms with Crippen molar-refractivity contribution in [1.29, 1.82) is 0 Å². The van der Waals surface area contributed by atoms with E-state index in [0.29, 0.717) is 0 Å². The molecule has 0 unspecified atom stereocenters. The van der Waals surface area contributed by atoms with Crippen LogP contribution in [-0.2, 0) is 5.41 Å². The average molecular weight is 670 g/mol. The zero-order chi connectivity index (χ0) is 35.2. The zero-order valence-corrected chi connectivity index (χ0v) is 29.7. The Morgan fingerprint density at radius 3 is 1.63 bits per heavy atom. The molecular weight excluding hydrogens is 631 g/mol. The van der Waals surface area contributed by atoms with E-state index in [9.17, 15) is 0 Å². The first-order chi connectivity index (χ1) is 25.4. The molecule has 0 aliphatic heterocycles. The monoisotopic (exact) mass is 669 g/mol. The summed E-state index contributed by atoms with van der Waals surface area (Å²) in [6, 6.07) is 65.4. The number of furan rings is 1. The van der Waals surface area contributed by atoms with Crippen molar-refractivity contribution >= 4 is 49.8 Å². The summed E-state index contributed by atoms with van der Waals surface area (Å²) in [6.45, 7) is 6.84. The topological polar surface area (TPSA) is 16.4 Å².